The van der Waals surface area contributed by atoms with Crippen molar-refractivity contribution in [2.24, 2.45) is 5.73 Å². The Kier molecular flexibility index (Phi) is 4.29. The van der Waals surface area contributed by atoms with Crippen molar-refractivity contribution in [2.75, 3.05) is 24.5 Å². The predicted octanol–water partition coefficient (Wildman–Crippen LogP) is 0.677. The number of hydrogen-bond acceptors (Lipinski definition) is 4. The minimum Gasteiger partial charge on any atom is -0.393 e. The van der Waals surface area contributed by atoms with Crippen LogP contribution >= 0.6 is 12.2 Å². The smallest absolute Gasteiger partial charge is 0.248 e. The van der Waals surface area contributed by atoms with Gasteiger partial charge in [-0.2, -0.15) is 0 Å². The molecule has 0 saturated carbocycles. The van der Waals surface area contributed by atoms with Crippen LogP contribution in [0.3, 0.4) is 0 Å². The van der Waals surface area contributed by atoms with E-state index < -0.39 is 0 Å². The molecule has 1 aliphatic rings. The van der Waals surface area contributed by atoms with Gasteiger partial charge in [0.2, 0.25) is 11.8 Å². The Morgan fingerprint density at radius 3 is 2.25 bits per heavy atom. The van der Waals surface area contributed by atoms with Crippen molar-refractivity contribution < 1.29 is 14.0 Å². The number of imide groups is 1. The third-order valence-corrected chi connectivity index (χ3v) is 3.23. The fourth-order valence-electron chi connectivity index (χ4n) is 2.00. The molecule has 0 atom stereocenters. The van der Waals surface area contributed by atoms with Crippen molar-refractivity contribution in [3.63, 3.8) is 0 Å². The molecule has 0 bridgehead atoms. The van der Waals surface area contributed by atoms with Gasteiger partial charge in [-0.15, -0.1) is 0 Å². The first kappa shape index (κ1) is 14.4. The van der Waals surface area contributed by atoms with E-state index in [1.165, 1.54) is 17.0 Å². The van der Waals surface area contributed by atoms with Crippen molar-refractivity contribution in [2.45, 2.75) is 6.42 Å². The highest BCUT2D eigenvalue weighted by atomic mass is 32.1. The summed E-state index contributed by atoms with van der Waals surface area (Å²) in [5, 5.41) is 0. The van der Waals surface area contributed by atoms with Crippen molar-refractivity contribution >= 4 is 34.7 Å². The maximum Gasteiger partial charge on any atom is 0.248 e. The molecule has 20 heavy (non-hydrogen) atoms. The molecule has 1 saturated heterocycles. The van der Waals surface area contributed by atoms with Gasteiger partial charge in [-0.25, -0.2) is 4.39 Å². The standard InChI is InChI=1S/C13H14FN3O2S/c14-9-1-3-10(4-2-9)16-7-12(18)17(13(19)8-16)6-5-11(15)20/h1-4H,5-8H2,(H2,15,20). The SMILES string of the molecule is NC(=S)CCN1C(=O)CN(c2ccc(F)cc2)CC1=O. The minimum absolute atomic E-state index is 0.0781. The van der Waals surface area contributed by atoms with Gasteiger partial charge < -0.3 is 10.6 Å². The fourth-order valence-corrected chi connectivity index (χ4v) is 2.09. The summed E-state index contributed by atoms with van der Waals surface area (Å²) in [6.45, 7) is 0.369. The molecule has 2 rings (SSSR count). The van der Waals surface area contributed by atoms with Crippen molar-refractivity contribution in [1.82, 2.24) is 4.90 Å². The Morgan fingerprint density at radius 1 is 1.20 bits per heavy atom. The summed E-state index contributed by atoms with van der Waals surface area (Å²) in [4.78, 5) is 27.0. The molecule has 0 spiro atoms. The Hall–Kier alpha value is -2.02. The van der Waals surface area contributed by atoms with Crippen molar-refractivity contribution in [3.8, 4) is 0 Å². The maximum atomic E-state index is 12.9. The second-order valence-electron chi connectivity index (χ2n) is 4.49. The molecule has 1 fully saturated rings. The van der Waals surface area contributed by atoms with Gasteiger partial charge in [0.25, 0.3) is 0 Å². The van der Waals surface area contributed by atoms with Gasteiger partial charge in [-0.05, 0) is 24.3 Å². The number of benzene rings is 1. The zero-order chi connectivity index (χ0) is 14.7. The number of amides is 2. The molecular weight excluding hydrogens is 281 g/mol. The molecule has 0 aromatic heterocycles. The van der Waals surface area contributed by atoms with E-state index in [0.717, 1.165) is 0 Å². The van der Waals surface area contributed by atoms with E-state index in [1.807, 2.05) is 0 Å². The van der Waals surface area contributed by atoms with Crippen LogP contribution < -0.4 is 10.6 Å². The molecule has 0 radical (unpaired) electrons. The van der Waals surface area contributed by atoms with E-state index in [1.54, 1.807) is 17.0 Å². The summed E-state index contributed by atoms with van der Waals surface area (Å²) in [6.07, 6.45) is 0.323. The number of carbonyl (C=O) groups is 2. The minimum atomic E-state index is -0.360. The molecule has 2 amide bonds. The number of hydrogen-bond donors (Lipinski definition) is 1. The number of nitrogens with zero attached hydrogens (tertiary/aromatic N) is 2. The second kappa shape index (κ2) is 5.96. The Bertz CT molecular complexity index is 529. The summed E-state index contributed by atoms with van der Waals surface area (Å²) in [6, 6.07) is 5.67. The first-order chi connectivity index (χ1) is 9.47. The highest BCUT2D eigenvalue weighted by Crippen LogP contribution is 2.18. The molecule has 1 aromatic rings. The van der Waals surface area contributed by atoms with Gasteiger partial charge in [0.1, 0.15) is 5.82 Å². The molecule has 5 nitrogen and oxygen atoms in total. The summed E-state index contributed by atoms with van der Waals surface area (Å²) >= 11 is 4.74. The van der Waals surface area contributed by atoms with Crippen LogP contribution in [0.1, 0.15) is 6.42 Å². The van der Waals surface area contributed by atoms with Gasteiger partial charge in [-0.3, -0.25) is 14.5 Å². The lowest BCUT2D eigenvalue weighted by atomic mass is 10.2. The molecule has 7 heteroatoms. The number of thiocarbonyl (C=S) groups is 1. The largest absolute Gasteiger partial charge is 0.393 e. The van der Waals surface area contributed by atoms with Crippen molar-refractivity contribution in [3.05, 3.63) is 30.1 Å². The lowest BCUT2D eigenvalue weighted by molar-refractivity contribution is -0.145. The monoisotopic (exact) mass is 295 g/mol. The van der Waals surface area contributed by atoms with E-state index in [-0.39, 0.29) is 42.3 Å². The fraction of sp³-hybridized carbons (Fsp3) is 0.308. The summed E-state index contributed by atoms with van der Waals surface area (Å²) in [7, 11) is 0. The van der Waals surface area contributed by atoms with Gasteiger partial charge in [0, 0.05) is 18.7 Å². The number of halogens is 1. The Labute approximate surface area is 121 Å². The predicted molar refractivity (Wildman–Crippen MR) is 76.7 cm³/mol. The van der Waals surface area contributed by atoms with Gasteiger partial charge in [0.05, 0.1) is 18.1 Å². The Balaban J connectivity index is 2.05. The summed E-state index contributed by atoms with van der Waals surface area (Å²) in [5.41, 5.74) is 6.01. The molecule has 106 valence electrons. The lowest BCUT2D eigenvalue weighted by Crippen LogP contribution is -2.54. The van der Waals surface area contributed by atoms with E-state index in [0.29, 0.717) is 12.1 Å². The average Bonchev–Trinajstić information content (AvgIpc) is 2.38. The zero-order valence-electron chi connectivity index (χ0n) is 10.7. The second-order valence-corrected chi connectivity index (χ2v) is 5.01. The number of rotatable bonds is 4. The van der Waals surface area contributed by atoms with Gasteiger partial charge in [-0.1, -0.05) is 12.2 Å². The van der Waals surface area contributed by atoms with E-state index >= 15 is 0 Å². The third kappa shape index (κ3) is 3.30. The molecule has 2 N–H and O–H groups in total. The number of nitrogens with two attached hydrogens (primary N) is 1. The van der Waals surface area contributed by atoms with Crippen LogP contribution in [0.15, 0.2) is 24.3 Å². The van der Waals surface area contributed by atoms with Crippen LogP contribution in [0.5, 0.6) is 0 Å². The van der Waals surface area contributed by atoms with Crippen LogP contribution in [0.25, 0.3) is 0 Å². The highest BCUT2D eigenvalue weighted by molar-refractivity contribution is 7.80. The molecule has 1 aromatic carbocycles. The maximum absolute atomic E-state index is 12.9. The van der Waals surface area contributed by atoms with Crippen LogP contribution in [0.4, 0.5) is 10.1 Å². The molecule has 0 unspecified atom stereocenters. The third-order valence-electron chi connectivity index (χ3n) is 3.03. The van der Waals surface area contributed by atoms with E-state index in [9.17, 15) is 14.0 Å². The normalized spacial score (nSPS) is 15.7. The Morgan fingerprint density at radius 2 is 1.75 bits per heavy atom. The van der Waals surface area contributed by atoms with Crippen LogP contribution in [-0.2, 0) is 9.59 Å². The quantitative estimate of drug-likeness (QED) is 0.653. The topological polar surface area (TPSA) is 66.6 Å². The van der Waals surface area contributed by atoms with Crippen LogP contribution in [0, 0.1) is 5.82 Å². The van der Waals surface area contributed by atoms with Gasteiger partial charge >= 0.3 is 0 Å². The average molecular weight is 295 g/mol. The molecule has 0 aliphatic carbocycles. The van der Waals surface area contributed by atoms with Gasteiger partial charge in [0.15, 0.2) is 0 Å². The van der Waals surface area contributed by atoms with Crippen LogP contribution in [0.2, 0.25) is 0 Å². The summed E-state index contributed by atoms with van der Waals surface area (Å²) < 4.78 is 12.9. The lowest BCUT2D eigenvalue weighted by Gasteiger charge is -2.33. The van der Waals surface area contributed by atoms with Crippen LogP contribution in [-0.4, -0.2) is 41.3 Å². The summed E-state index contributed by atoms with van der Waals surface area (Å²) in [5.74, 6) is -0.967. The first-order valence-corrected chi connectivity index (χ1v) is 6.50. The highest BCUT2D eigenvalue weighted by Gasteiger charge is 2.30. The number of piperazine rings is 1. The molecule has 1 aliphatic heterocycles. The first-order valence-electron chi connectivity index (χ1n) is 6.09. The molecule has 1 heterocycles. The zero-order valence-corrected chi connectivity index (χ0v) is 11.5. The van der Waals surface area contributed by atoms with Crippen molar-refractivity contribution in [1.29, 1.82) is 0 Å². The molecular formula is C13H14FN3O2S. The number of carbonyl (C=O) groups excluding carboxylic acids is 2. The van der Waals surface area contributed by atoms with E-state index in [4.69, 9.17) is 18.0 Å². The van der Waals surface area contributed by atoms with E-state index in [2.05, 4.69) is 0 Å². The number of anilines is 1.